The second-order valence-electron chi connectivity index (χ2n) is 4.79. The highest BCUT2D eigenvalue weighted by molar-refractivity contribution is 7.97. The Morgan fingerprint density at radius 3 is 3.14 bits per heavy atom. The van der Waals surface area contributed by atoms with Gasteiger partial charge in [-0.1, -0.05) is 18.2 Å². The zero-order valence-electron chi connectivity index (χ0n) is 12.1. The third-order valence-corrected chi connectivity index (χ3v) is 4.86. The van der Waals surface area contributed by atoms with Crippen molar-refractivity contribution >= 4 is 39.9 Å². The van der Waals surface area contributed by atoms with Crippen LogP contribution in [0.1, 0.15) is 21.2 Å². The Bertz CT molecular complexity index is 781. The molecule has 1 amide bonds. The van der Waals surface area contributed by atoms with Crippen molar-refractivity contribution in [2.45, 2.75) is 12.2 Å². The predicted octanol–water partition coefficient (Wildman–Crippen LogP) is 2.85. The van der Waals surface area contributed by atoms with Gasteiger partial charge in [0, 0.05) is 29.5 Å². The molecule has 0 aliphatic rings. The van der Waals surface area contributed by atoms with Gasteiger partial charge in [0.25, 0.3) is 5.91 Å². The van der Waals surface area contributed by atoms with Gasteiger partial charge in [0.05, 0.1) is 11.2 Å². The lowest BCUT2D eigenvalue weighted by Crippen LogP contribution is -2.26. The number of hydrogen-bond acceptors (Lipinski definition) is 5. The van der Waals surface area contributed by atoms with E-state index < -0.39 is 0 Å². The molecule has 0 spiro atoms. The molecule has 0 aliphatic carbocycles. The lowest BCUT2D eigenvalue weighted by atomic mass is 10.2. The molecule has 2 aromatic heterocycles. The molecule has 0 atom stereocenters. The zero-order valence-corrected chi connectivity index (χ0v) is 13.8. The molecule has 1 aromatic carbocycles. The summed E-state index contributed by atoms with van der Waals surface area (Å²) in [6.45, 7) is 0.558. The summed E-state index contributed by atoms with van der Waals surface area (Å²) in [4.78, 5) is 16.7. The van der Waals surface area contributed by atoms with Gasteiger partial charge in [0.1, 0.15) is 5.01 Å². The summed E-state index contributed by atoms with van der Waals surface area (Å²) in [5, 5.41) is 13.9. The van der Waals surface area contributed by atoms with Gasteiger partial charge < -0.3 is 5.32 Å². The summed E-state index contributed by atoms with van der Waals surface area (Å²) in [5.74, 6) is 0.785. The molecule has 5 nitrogen and oxygen atoms in total. The maximum absolute atomic E-state index is 12.2. The van der Waals surface area contributed by atoms with E-state index >= 15 is 0 Å². The number of aromatic nitrogens is 3. The molecule has 2 N–H and O–H groups in total. The van der Waals surface area contributed by atoms with E-state index in [0.29, 0.717) is 12.2 Å². The summed E-state index contributed by atoms with van der Waals surface area (Å²) < 4.78 is 0. The number of carbonyl (C=O) groups is 1. The maximum Gasteiger partial charge on any atom is 0.272 e. The van der Waals surface area contributed by atoms with Crippen LogP contribution in [-0.2, 0) is 12.2 Å². The Balaban J connectivity index is 1.58. The SMILES string of the molecule is CSCc1nc(CCNC(=O)c2n[nH]c3ccccc23)cs1. The summed E-state index contributed by atoms with van der Waals surface area (Å²) in [7, 11) is 0. The van der Waals surface area contributed by atoms with Crippen LogP contribution in [0.25, 0.3) is 10.9 Å². The van der Waals surface area contributed by atoms with Crippen molar-refractivity contribution in [3.05, 3.63) is 46.0 Å². The molecule has 0 fully saturated rings. The first-order valence-corrected chi connectivity index (χ1v) is 9.19. The van der Waals surface area contributed by atoms with Gasteiger partial charge in [-0.25, -0.2) is 4.98 Å². The fourth-order valence-corrected chi connectivity index (χ4v) is 3.73. The number of thiazole rings is 1. The lowest BCUT2D eigenvalue weighted by molar-refractivity contribution is 0.0950. The van der Waals surface area contributed by atoms with Crippen LogP contribution < -0.4 is 5.32 Å². The summed E-state index contributed by atoms with van der Waals surface area (Å²) >= 11 is 3.43. The highest BCUT2D eigenvalue weighted by Crippen LogP contribution is 2.16. The molecule has 2 heterocycles. The third kappa shape index (κ3) is 3.31. The number of thioether (sulfide) groups is 1. The minimum atomic E-state index is -0.156. The number of H-pyrrole nitrogens is 1. The van der Waals surface area contributed by atoms with Crippen LogP contribution in [0.2, 0.25) is 0 Å². The molecule has 0 bridgehead atoms. The molecule has 114 valence electrons. The maximum atomic E-state index is 12.2. The number of nitrogens with zero attached hydrogens (tertiary/aromatic N) is 2. The van der Waals surface area contributed by atoms with Crippen molar-refractivity contribution in [2.75, 3.05) is 12.8 Å². The zero-order chi connectivity index (χ0) is 15.4. The van der Waals surface area contributed by atoms with Crippen molar-refractivity contribution in [3.8, 4) is 0 Å². The summed E-state index contributed by atoms with van der Waals surface area (Å²) in [6.07, 6.45) is 2.80. The quantitative estimate of drug-likeness (QED) is 0.728. The largest absolute Gasteiger partial charge is 0.350 e. The van der Waals surface area contributed by atoms with E-state index in [9.17, 15) is 4.79 Å². The fraction of sp³-hybridized carbons (Fsp3) is 0.267. The average molecular weight is 332 g/mol. The van der Waals surface area contributed by atoms with Crippen LogP contribution in [0, 0.1) is 0 Å². The first-order valence-electron chi connectivity index (χ1n) is 6.91. The highest BCUT2D eigenvalue weighted by atomic mass is 32.2. The normalized spacial score (nSPS) is 11.0. The Hall–Kier alpha value is -1.86. The standard InChI is InChI=1S/C15H16N4OS2/c1-21-9-13-17-10(8-22-13)6-7-16-15(20)14-11-4-2-3-5-12(11)18-19-14/h2-5,8H,6-7,9H2,1H3,(H,16,20)(H,18,19). The number of amides is 1. The molecule has 3 rings (SSSR count). The molecule has 0 aliphatic heterocycles. The first kappa shape index (κ1) is 15.1. The number of benzene rings is 1. The van der Waals surface area contributed by atoms with Gasteiger partial charge in [-0.2, -0.15) is 16.9 Å². The van der Waals surface area contributed by atoms with Crippen molar-refractivity contribution in [1.82, 2.24) is 20.5 Å². The predicted molar refractivity (Wildman–Crippen MR) is 91.5 cm³/mol. The molecule has 0 radical (unpaired) electrons. The smallest absolute Gasteiger partial charge is 0.272 e. The molecule has 0 saturated heterocycles. The van der Waals surface area contributed by atoms with Crippen LogP contribution in [0.15, 0.2) is 29.6 Å². The Kier molecular flexibility index (Phi) is 4.74. The Morgan fingerprint density at radius 1 is 1.41 bits per heavy atom. The molecule has 7 heteroatoms. The topological polar surface area (TPSA) is 70.7 Å². The minimum absolute atomic E-state index is 0.156. The van der Waals surface area contributed by atoms with Gasteiger partial charge >= 0.3 is 0 Å². The second-order valence-corrected chi connectivity index (χ2v) is 6.60. The van der Waals surface area contributed by atoms with Gasteiger partial charge in [-0.15, -0.1) is 11.3 Å². The molecule has 0 unspecified atom stereocenters. The monoisotopic (exact) mass is 332 g/mol. The first-order chi connectivity index (χ1) is 10.8. The average Bonchev–Trinajstić information content (AvgIpc) is 3.14. The Labute approximate surface area is 136 Å². The van der Waals surface area contributed by atoms with Crippen molar-refractivity contribution in [1.29, 1.82) is 0 Å². The molecule has 3 aromatic rings. The lowest BCUT2D eigenvalue weighted by Gasteiger charge is -2.01. The van der Waals surface area contributed by atoms with Gasteiger partial charge in [-0.3, -0.25) is 9.89 Å². The van der Waals surface area contributed by atoms with Crippen LogP contribution in [0.3, 0.4) is 0 Å². The van der Waals surface area contributed by atoms with E-state index in [2.05, 4.69) is 32.1 Å². The Morgan fingerprint density at radius 2 is 2.27 bits per heavy atom. The number of carbonyl (C=O) groups excluding carboxylic acids is 1. The fourth-order valence-electron chi connectivity index (χ4n) is 2.18. The van der Waals surface area contributed by atoms with Gasteiger partial charge in [0.2, 0.25) is 0 Å². The second kappa shape index (κ2) is 6.93. The van der Waals surface area contributed by atoms with Gasteiger partial charge in [0.15, 0.2) is 5.69 Å². The van der Waals surface area contributed by atoms with Crippen molar-refractivity contribution < 1.29 is 4.79 Å². The van der Waals surface area contributed by atoms with E-state index in [1.807, 2.05) is 24.3 Å². The number of aromatic amines is 1. The van der Waals surface area contributed by atoms with Crippen LogP contribution in [-0.4, -0.2) is 33.9 Å². The molecule has 22 heavy (non-hydrogen) atoms. The number of para-hydroxylation sites is 1. The molecular weight excluding hydrogens is 316 g/mol. The van der Waals surface area contributed by atoms with Crippen LogP contribution in [0.4, 0.5) is 0 Å². The van der Waals surface area contributed by atoms with Crippen molar-refractivity contribution in [3.63, 3.8) is 0 Å². The van der Waals surface area contributed by atoms with E-state index in [4.69, 9.17) is 0 Å². The van der Waals surface area contributed by atoms with E-state index in [0.717, 1.165) is 33.8 Å². The highest BCUT2D eigenvalue weighted by Gasteiger charge is 2.13. The van der Waals surface area contributed by atoms with Crippen LogP contribution in [0.5, 0.6) is 0 Å². The van der Waals surface area contributed by atoms with E-state index in [1.54, 1.807) is 23.1 Å². The summed E-state index contributed by atoms with van der Waals surface area (Å²) in [6, 6.07) is 7.61. The number of nitrogens with one attached hydrogen (secondary N) is 2. The van der Waals surface area contributed by atoms with Gasteiger partial charge in [-0.05, 0) is 12.3 Å². The number of rotatable bonds is 6. The molecular formula is C15H16N4OS2. The third-order valence-electron chi connectivity index (χ3n) is 3.22. The number of fused-ring (bicyclic) bond motifs is 1. The van der Waals surface area contributed by atoms with Crippen LogP contribution >= 0.6 is 23.1 Å². The molecule has 0 saturated carbocycles. The number of hydrogen-bond donors (Lipinski definition) is 2. The van der Waals surface area contributed by atoms with E-state index in [-0.39, 0.29) is 5.91 Å². The van der Waals surface area contributed by atoms with E-state index in [1.165, 1.54) is 0 Å². The summed E-state index contributed by atoms with van der Waals surface area (Å²) in [5.41, 5.74) is 2.34. The minimum Gasteiger partial charge on any atom is -0.350 e. The van der Waals surface area contributed by atoms with Crippen molar-refractivity contribution in [2.24, 2.45) is 0 Å².